The van der Waals surface area contributed by atoms with Crippen LogP contribution in [-0.4, -0.2) is 23.2 Å². The van der Waals surface area contributed by atoms with Crippen LogP contribution in [0.15, 0.2) is 42.6 Å². The van der Waals surface area contributed by atoms with Crippen molar-refractivity contribution in [3.8, 4) is 0 Å². The smallest absolute Gasteiger partial charge is 0.129 e. The molecule has 2 heterocycles. The Kier molecular flexibility index (Phi) is 3.74. The van der Waals surface area contributed by atoms with Crippen LogP contribution in [0.25, 0.3) is 0 Å². The molecule has 5 heteroatoms. The third-order valence-corrected chi connectivity index (χ3v) is 4.31. The number of hydrogen-bond acceptors (Lipinski definition) is 4. The van der Waals surface area contributed by atoms with Crippen LogP contribution in [-0.2, 0) is 5.60 Å². The second kappa shape index (κ2) is 5.54. The zero-order chi connectivity index (χ0) is 14.9. The SMILES string of the molecule is Nc1ncc(Cl)cc1C1(O)CCN(c2ccccc2)CC1. The van der Waals surface area contributed by atoms with Gasteiger partial charge in [0.25, 0.3) is 0 Å². The first kappa shape index (κ1) is 14.2. The molecule has 1 saturated heterocycles. The molecule has 4 nitrogen and oxygen atoms in total. The fraction of sp³-hybridized carbons (Fsp3) is 0.312. The number of benzene rings is 1. The van der Waals surface area contributed by atoms with Crippen molar-refractivity contribution in [2.75, 3.05) is 23.7 Å². The molecule has 2 aromatic rings. The zero-order valence-electron chi connectivity index (χ0n) is 11.7. The Balaban J connectivity index is 1.79. The molecule has 0 bridgehead atoms. The molecule has 1 fully saturated rings. The Labute approximate surface area is 129 Å². The standard InChI is InChI=1S/C16H18ClN3O/c17-12-10-14(15(18)19-11-12)16(21)6-8-20(9-7-16)13-4-2-1-3-5-13/h1-5,10-11,21H,6-9H2,(H2,18,19). The molecule has 110 valence electrons. The molecule has 1 aliphatic heterocycles. The van der Waals surface area contributed by atoms with Crippen molar-refractivity contribution in [1.29, 1.82) is 0 Å². The monoisotopic (exact) mass is 303 g/mol. The maximum Gasteiger partial charge on any atom is 0.129 e. The average Bonchev–Trinajstić information content (AvgIpc) is 2.51. The highest BCUT2D eigenvalue weighted by Crippen LogP contribution is 2.37. The Morgan fingerprint density at radius 2 is 1.86 bits per heavy atom. The van der Waals surface area contributed by atoms with Gasteiger partial charge in [-0.2, -0.15) is 0 Å². The summed E-state index contributed by atoms with van der Waals surface area (Å²) in [6, 6.07) is 11.9. The highest BCUT2D eigenvalue weighted by molar-refractivity contribution is 6.30. The summed E-state index contributed by atoms with van der Waals surface area (Å²) in [6.07, 6.45) is 2.71. The molecule has 0 aliphatic carbocycles. The van der Waals surface area contributed by atoms with Gasteiger partial charge in [0.15, 0.2) is 0 Å². The molecule has 0 unspecified atom stereocenters. The Bertz CT molecular complexity index is 625. The summed E-state index contributed by atoms with van der Waals surface area (Å²) in [5.41, 5.74) is 6.78. The van der Waals surface area contributed by atoms with E-state index in [0.29, 0.717) is 29.2 Å². The van der Waals surface area contributed by atoms with Gasteiger partial charge in [-0.25, -0.2) is 4.98 Å². The van der Waals surface area contributed by atoms with Crippen LogP contribution < -0.4 is 10.6 Å². The number of nitrogen functional groups attached to an aromatic ring is 1. The Morgan fingerprint density at radius 1 is 1.19 bits per heavy atom. The summed E-state index contributed by atoms with van der Waals surface area (Å²) in [4.78, 5) is 6.31. The first-order valence-corrected chi connectivity index (χ1v) is 7.40. The van der Waals surface area contributed by atoms with Crippen LogP contribution in [0.1, 0.15) is 18.4 Å². The van der Waals surface area contributed by atoms with Crippen molar-refractivity contribution in [2.45, 2.75) is 18.4 Å². The molecule has 0 radical (unpaired) electrons. The van der Waals surface area contributed by atoms with Gasteiger partial charge in [-0.1, -0.05) is 29.8 Å². The van der Waals surface area contributed by atoms with Gasteiger partial charge < -0.3 is 15.7 Å². The number of halogens is 1. The van der Waals surface area contributed by atoms with Crippen LogP contribution in [0.5, 0.6) is 0 Å². The van der Waals surface area contributed by atoms with Gasteiger partial charge in [0, 0.05) is 30.5 Å². The van der Waals surface area contributed by atoms with Crippen LogP contribution in [0.4, 0.5) is 11.5 Å². The minimum Gasteiger partial charge on any atom is -0.385 e. The molecule has 0 atom stereocenters. The summed E-state index contributed by atoms with van der Waals surface area (Å²) in [5, 5.41) is 11.4. The molecule has 0 amide bonds. The molecule has 3 N–H and O–H groups in total. The fourth-order valence-corrected chi connectivity index (χ4v) is 3.02. The second-order valence-electron chi connectivity index (χ2n) is 5.44. The lowest BCUT2D eigenvalue weighted by Crippen LogP contribution is -2.43. The van der Waals surface area contributed by atoms with E-state index in [4.69, 9.17) is 17.3 Å². The third kappa shape index (κ3) is 2.82. The minimum absolute atomic E-state index is 0.357. The van der Waals surface area contributed by atoms with Crippen LogP contribution >= 0.6 is 11.6 Å². The van der Waals surface area contributed by atoms with Crippen molar-refractivity contribution < 1.29 is 5.11 Å². The van der Waals surface area contributed by atoms with Crippen LogP contribution in [0.3, 0.4) is 0 Å². The lowest BCUT2D eigenvalue weighted by molar-refractivity contribution is 0.0122. The Morgan fingerprint density at radius 3 is 2.52 bits per heavy atom. The molecular weight excluding hydrogens is 286 g/mol. The molecule has 21 heavy (non-hydrogen) atoms. The van der Waals surface area contributed by atoms with E-state index in [0.717, 1.165) is 13.1 Å². The van der Waals surface area contributed by atoms with E-state index in [-0.39, 0.29) is 0 Å². The largest absolute Gasteiger partial charge is 0.385 e. The maximum atomic E-state index is 10.9. The number of aromatic nitrogens is 1. The summed E-state index contributed by atoms with van der Waals surface area (Å²) in [6.45, 7) is 1.54. The van der Waals surface area contributed by atoms with Crippen molar-refractivity contribution in [1.82, 2.24) is 4.98 Å². The van der Waals surface area contributed by atoms with Crippen molar-refractivity contribution in [3.05, 3.63) is 53.2 Å². The number of piperidine rings is 1. The first-order chi connectivity index (χ1) is 10.1. The summed E-state index contributed by atoms with van der Waals surface area (Å²) < 4.78 is 0. The van der Waals surface area contributed by atoms with Crippen molar-refractivity contribution >= 4 is 23.1 Å². The van der Waals surface area contributed by atoms with Crippen molar-refractivity contribution in [3.63, 3.8) is 0 Å². The number of rotatable bonds is 2. The number of para-hydroxylation sites is 1. The van der Waals surface area contributed by atoms with E-state index in [2.05, 4.69) is 22.0 Å². The van der Waals surface area contributed by atoms with E-state index in [1.54, 1.807) is 6.07 Å². The van der Waals surface area contributed by atoms with Gasteiger partial charge in [0.05, 0.1) is 10.6 Å². The molecule has 0 saturated carbocycles. The number of anilines is 2. The summed E-state index contributed by atoms with van der Waals surface area (Å²) >= 11 is 5.98. The van der Waals surface area contributed by atoms with Crippen LogP contribution in [0, 0.1) is 0 Å². The van der Waals surface area contributed by atoms with E-state index in [9.17, 15) is 5.11 Å². The van der Waals surface area contributed by atoms with Gasteiger partial charge in [-0.15, -0.1) is 0 Å². The highest BCUT2D eigenvalue weighted by atomic mass is 35.5. The van der Waals surface area contributed by atoms with E-state index < -0.39 is 5.60 Å². The van der Waals surface area contributed by atoms with Gasteiger partial charge in [0.1, 0.15) is 5.82 Å². The summed E-state index contributed by atoms with van der Waals surface area (Å²) in [5.74, 6) is 0.357. The number of nitrogens with two attached hydrogens (primary N) is 1. The van der Waals surface area contributed by atoms with Crippen molar-refractivity contribution in [2.24, 2.45) is 0 Å². The maximum absolute atomic E-state index is 10.9. The molecule has 3 rings (SSSR count). The molecule has 1 aromatic heterocycles. The second-order valence-corrected chi connectivity index (χ2v) is 5.88. The normalized spacial score (nSPS) is 17.7. The first-order valence-electron chi connectivity index (χ1n) is 7.02. The number of nitrogens with zero attached hydrogens (tertiary/aromatic N) is 2. The fourth-order valence-electron chi connectivity index (χ4n) is 2.87. The summed E-state index contributed by atoms with van der Waals surface area (Å²) in [7, 11) is 0. The lowest BCUT2D eigenvalue weighted by Gasteiger charge is -2.39. The third-order valence-electron chi connectivity index (χ3n) is 4.10. The predicted octanol–water partition coefficient (Wildman–Crippen LogP) is 2.81. The number of hydrogen-bond donors (Lipinski definition) is 2. The molecular formula is C16H18ClN3O. The predicted molar refractivity (Wildman–Crippen MR) is 85.4 cm³/mol. The zero-order valence-corrected chi connectivity index (χ0v) is 12.4. The average molecular weight is 304 g/mol. The van der Waals surface area contributed by atoms with Crippen LogP contribution in [0.2, 0.25) is 5.02 Å². The van der Waals surface area contributed by atoms with E-state index in [1.165, 1.54) is 11.9 Å². The van der Waals surface area contributed by atoms with Gasteiger partial charge in [-0.05, 0) is 31.0 Å². The van der Waals surface area contributed by atoms with Gasteiger partial charge in [0.2, 0.25) is 0 Å². The minimum atomic E-state index is -0.951. The van der Waals surface area contributed by atoms with E-state index >= 15 is 0 Å². The van der Waals surface area contributed by atoms with E-state index in [1.807, 2.05) is 18.2 Å². The lowest BCUT2D eigenvalue weighted by atomic mass is 9.84. The highest BCUT2D eigenvalue weighted by Gasteiger charge is 2.36. The molecule has 1 aliphatic rings. The molecule has 1 aromatic carbocycles. The Hall–Kier alpha value is -1.78. The van der Waals surface area contributed by atoms with Gasteiger partial charge in [-0.3, -0.25) is 0 Å². The number of pyridine rings is 1. The molecule has 0 spiro atoms. The topological polar surface area (TPSA) is 62.4 Å². The number of aliphatic hydroxyl groups is 1. The quantitative estimate of drug-likeness (QED) is 0.895. The van der Waals surface area contributed by atoms with Gasteiger partial charge >= 0.3 is 0 Å².